The molecule has 3 N–H and O–H groups in total. The first-order valence-corrected chi connectivity index (χ1v) is 6.14. The molecule has 2 aromatic rings. The van der Waals surface area contributed by atoms with Gasteiger partial charge in [0.05, 0.1) is 11.5 Å². The molecule has 0 radical (unpaired) electrons. The van der Waals surface area contributed by atoms with Crippen LogP contribution in [0.3, 0.4) is 0 Å². The van der Waals surface area contributed by atoms with Gasteiger partial charge in [0.25, 0.3) is 0 Å². The number of nitro benzene ring substituents is 1. The molecule has 0 fully saturated rings. The molecule has 104 valence electrons. The van der Waals surface area contributed by atoms with Gasteiger partial charge in [-0.3, -0.25) is 10.1 Å². The highest BCUT2D eigenvalue weighted by Crippen LogP contribution is 2.31. The van der Waals surface area contributed by atoms with E-state index in [0.717, 1.165) is 5.69 Å². The standard InChI is InChI=1S/C14H15N3O3/c1-2-20-14-9-12(7-8-13(14)17(18)19)16-11-5-3-10(15)4-6-11/h3-9,16H,2,15H2,1H3. The lowest BCUT2D eigenvalue weighted by Gasteiger charge is -2.09. The van der Waals surface area contributed by atoms with Gasteiger partial charge in [-0.15, -0.1) is 0 Å². The molecule has 0 aliphatic carbocycles. The van der Waals surface area contributed by atoms with Gasteiger partial charge in [-0.25, -0.2) is 0 Å². The maximum absolute atomic E-state index is 10.9. The van der Waals surface area contributed by atoms with Crippen molar-refractivity contribution in [1.29, 1.82) is 0 Å². The second kappa shape index (κ2) is 5.92. The van der Waals surface area contributed by atoms with Gasteiger partial charge >= 0.3 is 5.69 Å². The Balaban J connectivity index is 2.26. The van der Waals surface area contributed by atoms with Gasteiger partial charge in [-0.2, -0.15) is 0 Å². The average molecular weight is 273 g/mol. The van der Waals surface area contributed by atoms with Gasteiger partial charge < -0.3 is 15.8 Å². The van der Waals surface area contributed by atoms with E-state index in [1.165, 1.54) is 6.07 Å². The van der Waals surface area contributed by atoms with E-state index in [-0.39, 0.29) is 11.4 Å². The molecule has 0 aliphatic rings. The molecule has 0 saturated heterocycles. The van der Waals surface area contributed by atoms with Crippen molar-refractivity contribution < 1.29 is 9.66 Å². The van der Waals surface area contributed by atoms with E-state index in [2.05, 4.69) is 5.32 Å². The smallest absolute Gasteiger partial charge is 0.311 e. The Hall–Kier alpha value is -2.76. The van der Waals surface area contributed by atoms with E-state index < -0.39 is 4.92 Å². The predicted molar refractivity (Wildman–Crippen MR) is 78.4 cm³/mol. The third-order valence-corrected chi connectivity index (χ3v) is 2.66. The number of rotatable bonds is 5. The third-order valence-electron chi connectivity index (χ3n) is 2.66. The Morgan fingerprint density at radius 3 is 2.45 bits per heavy atom. The van der Waals surface area contributed by atoms with Crippen molar-refractivity contribution in [3.05, 3.63) is 52.6 Å². The van der Waals surface area contributed by atoms with Crippen molar-refractivity contribution in [3.63, 3.8) is 0 Å². The van der Waals surface area contributed by atoms with Gasteiger partial charge in [-0.05, 0) is 37.3 Å². The van der Waals surface area contributed by atoms with E-state index in [4.69, 9.17) is 10.5 Å². The first-order valence-electron chi connectivity index (χ1n) is 6.14. The molecule has 0 aliphatic heterocycles. The summed E-state index contributed by atoms with van der Waals surface area (Å²) in [6.07, 6.45) is 0. The number of nitrogens with one attached hydrogen (secondary N) is 1. The zero-order chi connectivity index (χ0) is 14.5. The summed E-state index contributed by atoms with van der Waals surface area (Å²) in [6.45, 7) is 2.15. The van der Waals surface area contributed by atoms with E-state index in [9.17, 15) is 10.1 Å². The summed E-state index contributed by atoms with van der Waals surface area (Å²) in [4.78, 5) is 10.4. The summed E-state index contributed by atoms with van der Waals surface area (Å²) in [5.74, 6) is 0.248. The zero-order valence-corrected chi connectivity index (χ0v) is 11.0. The Labute approximate surface area is 116 Å². The van der Waals surface area contributed by atoms with Crippen molar-refractivity contribution in [2.24, 2.45) is 0 Å². The highest BCUT2D eigenvalue weighted by atomic mass is 16.6. The van der Waals surface area contributed by atoms with Crippen LogP contribution < -0.4 is 15.8 Å². The maximum Gasteiger partial charge on any atom is 0.311 e. The van der Waals surface area contributed by atoms with Gasteiger partial charge in [0.1, 0.15) is 0 Å². The Morgan fingerprint density at radius 1 is 1.20 bits per heavy atom. The average Bonchev–Trinajstić information content (AvgIpc) is 2.42. The van der Waals surface area contributed by atoms with Crippen LogP contribution in [0.4, 0.5) is 22.7 Å². The van der Waals surface area contributed by atoms with Crippen molar-refractivity contribution in [3.8, 4) is 5.75 Å². The summed E-state index contributed by atoms with van der Waals surface area (Å²) in [7, 11) is 0. The second-order valence-electron chi connectivity index (χ2n) is 4.12. The van der Waals surface area contributed by atoms with Crippen LogP contribution in [0.5, 0.6) is 5.75 Å². The number of anilines is 3. The van der Waals surface area contributed by atoms with E-state index in [1.807, 2.05) is 12.1 Å². The summed E-state index contributed by atoms with van der Waals surface area (Å²) < 4.78 is 5.29. The van der Waals surface area contributed by atoms with Crippen LogP contribution in [-0.2, 0) is 0 Å². The maximum atomic E-state index is 10.9. The molecule has 0 atom stereocenters. The van der Waals surface area contributed by atoms with E-state index in [1.54, 1.807) is 31.2 Å². The van der Waals surface area contributed by atoms with Crippen LogP contribution >= 0.6 is 0 Å². The molecule has 0 aromatic heterocycles. The Morgan fingerprint density at radius 2 is 1.85 bits per heavy atom. The molecule has 0 amide bonds. The van der Waals surface area contributed by atoms with Gasteiger partial charge in [0, 0.05) is 29.2 Å². The fourth-order valence-corrected chi connectivity index (χ4v) is 1.75. The number of nitrogen functional groups attached to an aromatic ring is 1. The number of hydrogen-bond acceptors (Lipinski definition) is 5. The van der Waals surface area contributed by atoms with Gasteiger partial charge in [0.15, 0.2) is 5.75 Å². The molecule has 6 nitrogen and oxygen atoms in total. The molecule has 6 heteroatoms. The van der Waals surface area contributed by atoms with Crippen LogP contribution in [0, 0.1) is 10.1 Å². The lowest BCUT2D eigenvalue weighted by Crippen LogP contribution is -1.99. The highest BCUT2D eigenvalue weighted by molar-refractivity contribution is 5.66. The normalized spacial score (nSPS) is 10.1. The molecular weight excluding hydrogens is 258 g/mol. The van der Waals surface area contributed by atoms with Gasteiger partial charge in [-0.1, -0.05) is 0 Å². The second-order valence-corrected chi connectivity index (χ2v) is 4.12. The number of hydrogen-bond donors (Lipinski definition) is 2. The number of nitrogens with two attached hydrogens (primary N) is 1. The number of benzene rings is 2. The highest BCUT2D eigenvalue weighted by Gasteiger charge is 2.15. The lowest BCUT2D eigenvalue weighted by atomic mass is 10.2. The van der Waals surface area contributed by atoms with Crippen LogP contribution in [-0.4, -0.2) is 11.5 Å². The number of nitrogens with zero attached hydrogens (tertiary/aromatic N) is 1. The summed E-state index contributed by atoms with van der Waals surface area (Å²) in [5, 5.41) is 14.0. The molecule has 2 rings (SSSR count). The quantitative estimate of drug-likeness (QED) is 0.495. The van der Waals surface area contributed by atoms with Crippen molar-refractivity contribution in [2.75, 3.05) is 17.7 Å². The minimum Gasteiger partial charge on any atom is -0.487 e. The molecule has 20 heavy (non-hydrogen) atoms. The van der Waals surface area contributed by atoms with Crippen LogP contribution in [0.25, 0.3) is 0 Å². The molecule has 0 spiro atoms. The van der Waals surface area contributed by atoms with Crippen LogP contribution in [0.15, 0.2) is 42.5 Å². The topological polar surface area (TPSA) is 90.4 Å². The van der Waals surface area contributed by atoms with Crippen molar-refractivity contribution in [1.82, 2.24) is 0 Å². The molecule has 0 heterocycles. The van der Waals surface area contributed by atoms with E-state index >= 15 is 0 Å². The van der Waals surface area contributed by atoms with Crippen molar-refractivity contribution in [2.45, 2.75) is 6.92 Å². The first-order chi connectivity index (χ1) is 9.60. The zero-order valence-electron chi connectivity index (χ0n) is 11.0. The minimum absolute atomic E-state index is 0.0466. The molecule has 0 saturated carbocycles. The van der Waals surface area contributed by atoms with Crippen LogP contribution in [0.1, 0.15) is 6.92 Å². The van der Waals surface area contributed by atoms with E-state index in [0.29, 0.717) is 18.0 Å². The molecular formula is C14H15N3O3. The monoisotopic (exact) mass is 273 g/mol. The summed E-state index contributed by atoms with van der Waals surface area (Å²) in [5.41, 5.74) is 7.80. The van der Waals surface area contributed by atoms with Crippen molar-refractivity contribution >= 4 is 22.7 Å². The fourth-order valence-electron chi connectivity index (χ4n) is 1.75. The predicted octanol–water partition coefficient (Wildman–Crippen LogP) is 3.32. The largest absolute Gasteiger partial charge is 0.487 e. The molecule has 0 bridgehead atoms. The minimum atomic E-state index is -0.460. The molecule has 2 aromatic carbocycles. The SMILES string of the molecule is CCOc1cc(Nc2ccc(N)cc2)ccc1[N+](=O)[O-]. The van der Waals surface area contributed by atoms with Gasteiger partial charge in [0.2, 0.25) is 0 Å². The Bertz CT molecular complexity index is 612. The summed E-state index contributed by atoms with van der Waals surface area (Å²) >= 11 is 0. The third kappa shape index (κ3) is 3.17. The Kier molecular flexibility index (Phi) is 4.05. The molecule has 0 unspecified atom stereocenters. The lowest BCUT2D eigenvalue weighted by molar-refractivity contribution is -0.385. The van der Waals surface area contributed by atoms with Crippen LogP contribution in [0.2, 0.25) is 0 Å². The number of nitro groups is 1. The first kappa shape index (κ1) is 13.7. The fraction of sp³-hybridized carbons (Fsp3) is 0.143. The summed E-state index contributed by atoms with van der Waals surface area (Å²) in [6, 6.07) is 11.9. The number of ether oxygens (including phenoxy) is 1.